The topological polar surface area (TPSA) is 86.6 Å². The third kappa shape index (κ3) is 52.2. The Balaban J connectivity index is 0. The van der Waals surface area contributed by atoms with Crippen LogP contribution >= 0.6 is 0 Å². The first kappa shape index (κ1) is 14.4. The quantitative estimate of drug-likeness (QED) is 0.459. The molecule has 0 aromatic rings. The van der Waals surface area contributed by atoms with Crippen molar-refractivity contribution in [3.63, 3.8) is 0 Å². The van der Waals surface area contributed by atoms with Gasteiger partial charge in [0.15, 0.2) is 0 Å². The summed E-state index contributed by atoms with van der Waals surface area (Å²) >= 11 is 0. The highest BCUT2D eigenvalue weighted by Gasteiger charge is 1.84. The third-order valence-electron chi connectivity index (χ3n) is 0.854. The van der Waals surface area contributed by atoms with E-state index in [0.717, 1.165) is 0 Å². The van der Waals surface area contributed by atoms with Crippen LogP contribution in [0, 0.1) is 0 Å². The molecule has 0 aromatic carbocycles. The first-order chi connectivity index (χ1) is 5.41. The predicted molar refractivity (Wildman–Crippen MR) is 47.6 cm³/mol. The monoisotopic (exact) mass is 199 g/mol. The molecular formula is C6H17NO4S. The molecule has 0 aromatic heterocycles. The summed E-state index contributed by atoms with van der Waals surface area (Å²) in [6.45, 7) is 6.72. The second-order valence-electron chi connectivity index (χ2n) is 2.20. The fourth-order valence-electron chi connectivity index (χ4n) is 0.479. The molecule has 0 bridgehead atoms. The maximum absolute atomic E-state index is 8.74. The molecule has 0 atom stereocenters. The van der Waals surface area contributed by atoms with Gasteiger partial charge in [0.1, 0.15) is 0 Å². The van der Waals surface area contributed by atoms with Gasteiger partial charge in [0, 0.05) is 0 Å². The van der Waals surface area contributed by atoms with Gasteiger partial charge in [-0.25, -0.2) is 0 Å². The van der Waals surface area contributed by atoms with Crippen LogP contribution in [0.5, 0.6) is 0 Å². The standard InChI is InChI=1S/C6H15N.H2O4S/c1-3-5-7-6-4-2;1-5(2,3)4/h7H,3-6H2,1-2H3;(H2,1,2,3,4). The minimum atomic E-state index is -4.67. The van der Waals surface area contributed by atoms with E-state index >= 15 is 0 Å². The highest BCUT2D eigenvalue weighted by atomic mass is 32.3. The van der Waals surface area contributed by atoms with Gasteiger partial charge in [-0.05, 0) is 25.9 Å². The lowest BCUT2D eigenvalue weighted by Gasteiger charge is -1.95. The molecule has 0 unspecified atom stereocenters. The molecule has 0 aliphatic rings. The minimum absolute atomic E-state index is 1.17. The van der Waals surface area contributed by atoms with Gasteiger partial charge in [-0.3, -0.25) is 9.11 Å². The highest BCUT2D eigenvalue weighted by molar-refractivity contribution is 7.79. The fourth-order valence-corrected chi connectivity index (χ4v) is 0.479. The first-order valence-corrected chi connectivity index (χ1v) is 5.22. The number of hydrogen-bond donors (Lipinski definition) is 3. The lowest BCUT2D eigenvalue weighted by Crippen LogP contribution is -2.14. The van der Waals surface area contributed by atoms with E-state index in [9.17, 15) is 0 Å². The van der Waals surface area contributed by atoms with Crippen LogP contribution in [-0.2, 0) is 10.4 Å². The first-order valence-electron chi connectivity index (χ1n) is 3.82. The number of hydrogen-bond acceptors (Lipinski definition) is 3. The van der Waals surface area contributed by atoms with Crippen LogP contribution in [0.1, 0.15) is 26.7 Å². The summed E-state index contributed by atoms with van der Waals surface area (Å²) in [5.41, 5.74) is 0. The number of rotatable bonds is 4. The van der Waals surface area contributed by atoms with Crippen molar-refractivity contribution in [1.82, 2.24) is 5.32 Å². The average Bonchev–Trinajstić information content (AvgIpc) is 1.85. The van der Waals surface area contributed by atoms with Crippen molar-refractivity contribution in [3.8, 4) is 0 Å². The third-order valence-corrected chi connectivity index (χ3v) is 0.854. The summed E-state index contributed by atoms with van der Waals surface area (Å²) in [5.74, 6) is 0. The zero-order valence-corrected chi connectivity index (χ0v) is 8.26. The molecular weight excluding hydrogens is 182 g/mol. The molecule has 0 saturated heterocycles. The molecule has 0 rings (SSSR count). The predicted octanol–water partition coefficient (Wildman–Crippen LogP) is 0.743. The van der Waals surface area contributed by atoms with Crippen LogP contribution in [0.15, 0.2) is 0 Å². The normalized spacial score (nSPS) is 10.3. The smallest absolute Gasteiger partial charge is 0.317 e. The van der Waals surface area contributed by atoms with Gasteiger partial charge in [0.2, 0.25) is 0 Å². The van der Waals surface area contributed by atoms with Crippen molar-refractivity contribution >= 4 is 10.4 Å². The van der Waals surface area contributed by atoms with Crippen molar-refractivity contribution in [2.75, 3.05) is 13.1 Å². The Morgan fingerprint density at radius 3 is 1.50 bits per heavy atom. The van der Waals surface area contributed by atoms with Crippen molar-refractivity contribution < 1.29 is 17.5 Å². The summed E-state index contributed by atoms with van der Waals surface area (Å²) in [7, 11) is -4.67. The fraction of sp³-hybridized carbons (Fsp3) is 1.00. The van der Waals surface area contributed by atoms with E-state index < -0.39 is 10.4 Å². The summed E-state index contributed by atoms with van der Waals surface area (Å²) in [4.78, 5) is 0. The minimum Gasteiger partial charge on any atom is -0.317 e. The molecule has 0 heterocycles. The SMILES string of the molecule is CCCNCCC.O=S(=O)(O)O. The summed E-state index contributed by atoms with van der Waals surface area (Å²) in [6.07, 6.45) is 2.50. The molecule has 0 radical (unpaired) electrons. The molecule has 0 aliphatic heterocycles. The van der Waals surface area contributed by atoms with Gasteiger partial charge in [-0.15, -0.1) is 0 Å². The Morgan fingerprint density at radius 2 is 1.33 bits per heavy atom. The highest BCUT2D eigenvalue weighted by Crippen LogP contribution is 1.71. The molecule has 0 aliphatic carbocycles. The second-order valence-corrected chi connectivity index (χ2v) is 3.09. The maximum atomic E-state index is 8.74. The van der Waals surface area contributed by atoms with Crippen LogP contribution in [0.25, 0.3) is 0 Å². The van der Waals surface area contributed by atoms with E-state index in [1.54, 1.807) is 0 Å². The zero-order valence-electron chi connectivity index (χ0n) is 7.45. The van der Waals surface area contributed by atoms with Gasteiger partial charge >= 0.3 is 10.4 Å². The molecule has 6 heteroatoms. The molecule has 0 saturated carbocycles. The second kappa shape index (κ2) is 8.92. The Morgan fingerprint density at radius 1 is 1.08 bits per heavy atom. The van der Waals surface area contributed by atoms with Gasteiger partial charge in [-0.1, -0.05) is 13.8 Å². The van der Waals surface area contributed by atoms with Crippen molar-refractivity contribution in [2.45, 2.75) is 26.7 Å². The van der Waals surface area contributed by atoms with Crippen LogP contribution in [0.2, 0.25) is 0 Å². The Bertz CT molecular complexity index is 154. The van der Waals surface area contributed by atoms with Crippen molar-refractivity contribution in [2.24, 2.45) is 0 Å². The molecule has 3 N–H and O–H groups in total. The van der Waals surface area contributed by atoms with E-state index in [-0.39, 0.29) is 0 Å². The van der Waals surface area contributed by atoms with Gasteiger partial charge in [0.05, 0.1) is 0 Å². The van der Waals surface area contributed by atoms with Crippen molar-refractivity contribution in [3.05, 3.63) is 0 Å². The molecule has 5 nitrogen and oxygen atoms in total. The molecule has 0 amide bonds. The Labute approximate surface area is 73.8 Å². The van der Waals surface area contributed by atoms with Crippen LogP contribution in [-0.4, -0.2) is 30.6 Å². The van der Waals surface area contributed by atoms with Crippen LogP contribution < -0.4 is 5.32 Å². The summed E-state index contributed by atoms with van der Waals surface area (Å²) in [6, 6.07) is 0. The maximum Gasteiger partial charge on any atom is 0.394 e. The summed E-state index contributed by atoms with van der Waals surface area (Å²) < 4.78 is 31.6. The van der Waals surface area contributed by atoms with E-state index in [4.69, 9.17) is 17.5 Å². The van der Waals surface area contributed by atoms with Gasteiger partial charge < -0.3 is 5.32 Å². The molecule has 0 fully saturated rings. The van der Waals surface area contributed by atoms with E-state index in [1.807, 2.05) is 0 Å². The summed E-state index contributed by atoms with van der Waals surface area (Å²) in [5, 5.41) is 3.28. The number of nitrogens with one attached hydrogen (secondary N) is 1. The molecule has 76 valence electrons. The lowest BCUT2D eigenvalue weighted by atomic mass is 10.4. The van der Waals surface area contributed by atoms with Gasteiger partial charge in [-0.2, -0.15) is 8.42 Å². The Kier molecular flexibility index (Phi) is 10.7. The van der Waals surface area contributed by atoms with E-state index in [1.165, 1.54) is 25.9 Å². The van der Waals surface area contributed by atoms with Crippen LogP contribution in [0.3, 0.4) is 0 Å². The average molecular weight is 199 g/mol. The van der Waals surface area contributed by atoms with E-state index in [2.05, 4.69) is 19.2 Å². The van der Waals surface area contributed by atoms with Crippen LogP contribution in [0.4, 0.5) is 0 Å². The largest absolute Gasteiger partial charge is 0.394 e. The lowest BCUT2D eigenvalue weighted by molar-refractivity contribution is 0.381. The zero-order chi connectivity index (χ0) is 10.0. The van der Waals surface area contributed by atoms with E-state index in [0.29, 0.717) is 0 Å². The molecule has 0 spiro atoms. The Hall–Kier alpha value is -0.170. The van der Waals surface area contributed by atoms with Gasteiger partial charge in [0.25, 0.3) is 0 Å². The molecule has 12 heavy (non-hydrogen) atoms. The van der Waals surface area contributed by atoms with Crippen molar-refractivity contribution in [1.29, 1.82) is 0 Å².